The first-order chi connectivity index (χ1) is 9.00. The average Bonchev–Trinajstić information content (AvgIpc) is 2.35. The Kier molecular flexibility index (Phi) is 12.0. The molecular weight excluding hydrogens is 276 g/mol. The van der Waals surface area contributed by atoms with Gasteiger partial charge in [0, 0.05) is 0 Å². The highest BCUT2D eigenvalue weighted by atomic mass is 32.4. The highest BCUT2D eigenvalue weighted by molar-refractivity contribution is 8.14. The van der Waals surface area contributed by atoms with Crippen LogP contribution in [0.3, 0.4) is 0 Å². The molecule has 0 heterocycles. The second-order valence-corrected chi connectivity index (χ2v) is 13.4. The summed E-state index contributed by atoms with van der Waals surface area (Å²) in [5.74, 6) is 0. The van der Waals surface area contributed by atoms with Gasteiger partial charge in [0.2, 0.25) is 17.5 Å². The maximum absolute atomic E-state index is 11.4. The van der Waals surface area contributed by atoms with Gasteiger partial charge in [0.05, 0.1) is 6.61 Å². The van der Waals surface area contributed by atoms with Gasteiger partial charge in [-0.3, -0.25) is 4.18 Å². The van der Waals surface area contributed by atoms with E-state index in [0.717, 1.165) is 12.8 Å². The molecule has 0 amide bonds. The molecule has 0 aromatic rings. The molecule has 0 saturated heterocycles. The van der Waals surface area contributed by atoms with Gasteiger partial charge in [-0.25, -0.2) is 8.42 Å². The Morgan fingerprint density at radius 1 is 0.789 bits per heavy atom. The molecule has 0 aliphatic carbocycles. The molecule has 0 bridgehead atoms. The quantitative estimate of drug-likeness (QED) is 0.377. The molecule has 5 heteroatoms. The normalized spacial score (nSPS) is 12.2. The van der Waals surface area contributed by atoms with Crippen molar-refractivity contribution in [3.8, 4) is 0 Å². The minimum absolute atomic E-state index is 0.379. The third-order valence-corrected chi connectivity index (χ3v) is 8.85. The second-order valence-electron chi connectivity index (χ2n) is 5.55. The lowest BCUT2D eigenvalue weighted by atomic mass is 10.1. The lowest BCUT2D eigenvalue weighted by Crippen LogP contribution is -2.21. The zero-order valence-electron chi connectivity index (χ0n) is 13.0. The molecule has 0 radical (unpaired) electrons. The Morgan fingerprint density at radius 3 is 1.63 bits per heavy atom. The molecule has 0 fully saturated rings. The average molecular weight is 309 g/mol. The van der Waals surface area contributed by atoms with E-state index in [-0.39, 0.29) is 0 Å². The van der Waals surface area contributed by atoms with Crippen molar-refractivity contribution in [3.63, 3.8) is 0 Å². The van der Waals surface area contributed by atoms with Crippen LogP contribution in [-0.2, 0) is 13.8 Å². The van der Waals surface area contributed by atoms with Gasteiger partial charge in [0.1, 0.15) is 0 Å². The number of rotatable bonds is 13. The van der Waals surface area contributed by atoms with Crippen molar-refractivity contribution in [3.05, 3.63) is 0 Å². The zero-order chi connectivity index (χ0) is 14.6. The van der Waals surface area contributed by atoms with Gasteiger partial charge in [-0.2, -0.15) is 0 Å². The van der Waals surface area contributed by atoms with Crippen LogP contribution in [0, 0.1) is 0 Å². The Bertz CT molecular complexity index is 289. The summed E-state index contributed by atoms with van der Waals surface area (Å²) >= 11 is 0. The fourth-order valence-electron chi connectivity index (χ4n) is 1.90. The van der Waals surface area contributed by atoms with E-state index in [9.17, 15) is 8.42 Å². The van der Waals surface area contributed by atoms with E-state index in [1.54, 1.807) is 13.1 Å². The molecule has 0 rings (SSSR count). The molecular formula is C14H32O3SSi. The summed E-state index contributed by atoms with van der Waals surface area (Å²) in [5, 5.41) is 0. The topological polar surface area (TPSA) is 43.4 Å². The third kappa shape index (κ3) is 11.6. The van der Waals surface area contributed by atoms with Crippen molar-refractivity contribution < 1.29 is 12.6 Å². The Balaban J connectivity index is 3.24. The summed E-state index contributed by atoms with van der Waals surface area (Å²) in [6.45, 7) is 6.19. The van der Waals surface area contributed by atoms with E-state index >= 15 is 0 Å². The first kappa shape index (κ1) is 19.1. The summed E-state index contributed by atoms with van der Waals surface area (Å²) in [6.07, 6.45) is 12.5. The van der Waals surface area contributed by atoms with Gasteiger partial charge in [-0.15, -0.1) is 0 Å². The smallest absolute Gasteiger partial charge is 0.226 e. The molecule has 0 aromatic heterocycles. The Hall–Kier alpha value is 0.127. The highest BCUT2D eigenvalue weighted by Gasteiger charge is 2.17. The van der Waals surface area contributed by atoms with Crippen LogP contribution in [0.4, 0.5) is 0 Å². The molecule has 0 N–H and O–H groups in total. The lowest BCUT2D eigenvalue weighted by molar-refractivity contribution is 0.314. The highest BCUT2D eigenvalue weighted by Crippen LogP contribution is 2.11. The van der Waals surface area contributed by atoms with Crippen molar-refractivity contribution in [1.82, 2.24) is 0 Å². The van der Waals surface area contributed by atoms with E-state index in [4.69, 9.17) is 4.18 Å². The predicted octanol–water partition coefficient (Wildman–Crippen LogP) is 4.24. The van der Waals surface area contributed by atoms with E-state index < -0.39 is 17.5 Å². The second kappa shape index (κ2) is 11.9. The Labute approximate surface area is 121 Å². The van der Waals surface area contributed by atoms with Gasteiger partial charge < -0.3 is 0 Å². The van der Waals surface area contributed by atoms with E-state index in [0.29, 0.717) is 6.61 Å². The number of hydrogen-bond acceptors (Lipinski definition) is 3. The fraction of sp³-hybridized carbons (Fsp3) is 1.00. The van der Waals surface area contributed by atoms with E-state index in [1.807, 2.05) is 0 Å². The summed E-state index contributed by atoms with van der Waals surface area (Å²) in [5.41, 5.74) is 0. The van der Waals surface area contributed by atoms with E-state index in [2.05, 4.69) is 6.92 Å². The maximum Gasteiger partial charge on any atom is 0.226 e. The van der Waals surface area contributed by atoms with Crippen LogP contribution in [0.1, 0.15) is 71.1 Å². The molecule has 0 atom stereocenters. The molecule has 0 aliphatic heterocycles. The first-order valence-corrected chi connectivity index (χ1v) is 13.1. The Morgan fingerprint density at radius 2 is 1.21 bits per heavy atom. The van der Waals surface area contributed by atoms with Crippen LogP contribution >= 0.6 is 0 Å². The predicted molar refractivity (Wildman–Crippen MR) is 85.6 cm³/mol. The molecule has 3 nitrogen and oxygen atoms in total. The van der Waals surface area contributed by atoms with Crippen LogP contribution < -0.4 is 0 Å². The summed E-state index contributed by atoms with van der Waals surface area (Å²) in [6, 6.07) is 0. The standard InChI is InChI=1S/C14H32O3SSi/c1-4-5-6-7-8-9-10-11-12-13-14-17-18(15,16)19(2)3/h19H,4-14H2,1-3H3. The summed E-state index contributed by atoms with van der Waals surface area (Å²) in [7, 11) is -4.88. The van der Waals surface area contributed by atoms with Crippen molar-refractivity contribution >= 4 is 17.5 Å². The largest absolute Gasteiger partial charge is 0.276 e. The van der Waals surface area contributed by atoms with Crippen LogP contribution in [0.15, 0.2) is 0 Å². The lowest BCUT2D eigenvalue weighted by Gasteiger charge is -2.07. The SMILES string of the molecule is CCCCCCCCCCCCOS(=O)(=O)[SiH](C)C. The van der Waals surface area contributed by atoms with Gasteiger partial charge in [0.25, 0.3) is 0 Å². The summed E-state index contributed by atoms with van der Waals surface area (Å²) in [4.78, 5) is 0. The van der Waals surface area contributed by atoms with Crippen LogP contribution in [0.25, 0.3) is 0 Å². The molecule has 0 aromatic carbocycles. The molecule has 19 heavy (non-hydrogen) atoms. The van der Waals surface area contributed by atoms with Crippen LogP contribution in [0.5, 0.6) is 0 Å². The van der Waals surface area contributed by atoms with Gasteiger partial charge in [0.15, 0.2) is 0 Å². The van der Waals surface area contributed by atoms with Gasteiger partial charge >= 0.3 is 0 Å². The molecule has 116 valence electrons. The summed E-state index contributed by atoms with van der Waals surface area (Å²) < 4.78 is 27.9. The molecule has 0 spiro atoms. The van der Waals surface area contributed by atoms with Gasteiger partial charge in [-0.1, -0.05) is 77.8 Å². The minimum atomic E-state index is -3.17. The number of hydrogen-bond donors (Lipinski definition) is 0. The minimum Gasteiger partial charge on any atom is -0.276 e. The molecule has 0 aliphatic rings. The first-order valence-electron chi connectivity index (χ1n) is 7.89. The molecule has 0 unspecified atom stereocenters. The monoisotopic (exact) mass is 308 g/mol. The van der Waals surface area contributed by atoms with Crippen molar-refractivity contribution in [1.29, 1.82) is 0 Å². The van der Waals surface area contributed by atoms with Crippen molar-refractivity contribution in [2.45, 2.75) is 84.2 Å². The fourth-order valence-corrected chi connectivity index (χ4v) is 3.63. The van der Waals surface area contributed by atoms with Crippen molar-refractivity contribution in [2.24, 2.45) is 0 Å². The van der Waals surface area contributed by atoms with E-state index in [1.165, 1.54) is 51.4 Å². The van der Waals surface area contributed by atoms with Gasteiger partial charge in [-0.05, 0) is 6.42 Å². The third-order valence-electron chi connectivity index (χ3n) is 3.32. The zero-order valence-corrected chi connectivity index (χ0v) is 15.0. The van der Waals surface area contributed by atoms with Crippen molar-refractivity contribution in [2.75, 3.05) is 6.61 Å². The van der Waals surface area contributed by atoms with Crippen LogP contribution in [0.2, 0.25) is 13.1 Å². The molecule has 0 saturated carbocycles. The van der Waals surface area contributed by atoms with Crippen LogP contribution in [-0.4, -0.2) is 23.0 Å². The number of unbranched alkanes of at least 4 members (excludes halogenated alkanes) is 9. The maximum atomic E-state index is 11.4.